The van der Waals surface area contributed by atoms with Crippen LogP contribution in [0.25, 0.3) is 0 Å². The predicted molar refractivity (Wildman–Crippen MR) is 90.6 cm³/mol. The Labute approximate surface area is 145 Å². The Morgan fingerprint density at radius 2 is 2.00 bits per heavy atom. The van der Waals surface area contributed by atoms with Gasteiger partial charge in [0.15, 0.2) is 0 Å². The van der Waals surface area contributed by atoms with Crippen molar-refractivity contribution in [3.63, 3.8) is 0 Å². The Balaban J connectivity index is 1.52. The molecule has 0 aliphatic carbocycles. The summed E-state index contributed by atoms with van der Waals surface area (Å²) < 4.78 is 13.4. The lowest BCUT2D eigenvalue weighted by molar-refractivity contribution is -0.124. The molecule has 0 N–H and O–H groups in total. The lowest BCUT2D eigenvalue weighted by Crippen LogP contribution is -2.38. The molecule has 128 valence electrons. The molecular formula is C19H18FN3O2. The number of carbonyl (C=O) groups is 2. The first-order chi connectivity index (χ1) is 12.1. The lowest BCUT2D eigenvalue weighted by Gasteiger charge is -2.23. The number of rotatable bonds is 2. The number of nitrogens with zero attached hydrogens (tertiary/aromatic N) is 3. The van der Waals surface area contributed by atoms with Crippen LogP contribution in [0.15, 0.2) is 48.8 Å². The van der Waals surface area contributed by atoms with Crippen molar-refractivity contribution in [1.82, 2.24) is 9.88 Å². The highest BCUT2D eigenvalue weighted by atomic mass is 19.1. The third-order valence-electron chi connectivity index (χ3n) is 5.18. The molecule has 2 aromatic rings. The van der Waals surface area contributed by atoms with Gasteiger partial charge in [0.2, 0.25) is 5.91 Å². The molecule has 3 heterocycles. The minimum atomic E-state index is -0.529. The molecule has 2 fully saturated rings. The first-order valence-corrected chi connectivity index (χ1v) is 8.36. The molecule has 25 heavy (non-hydrogen) atoms. The van der Waals surface area contributed by atoms with Gasteiger partial charge in [-0.1, -0.05) is 6.07 Å². The summed E-state index contributed by atoms with van der Waals surface area (Å²) in [6.07, 6.45) is 4.72. The number of hydrogen-bond acceptors (Lipinski definition) is 3. The first kappa shape index (κ1) is 15.7. The summed E-state index contributed by atoms with van der Waals surface area (Å²) in [4.78, 5) is 33.1. The van der Waals surface area contributed by atoms with Crippen LogP contribution in [0.4, 0.5) is 10.1 Å². The van der Waals surface area contributed by atoms with E-state index in [1.807, 2.05) is 12.1 Å². The van der Waals surface area contributed by atoms with E-state index < -0.39 is 11.2 Å². The number of amides is 2. The van der Waals surface area contributed by atoms with Gasteiger partial charge in [0.05, 0.1) is 17.3 Å². The van der Waals surface area contributed by atoms with Crippen molar-refractivity contribution in [2.45, 2.75) is 12.8 Å². The average Bonchev–Trinajstić information content (AvgIpc) is 3.21. The Kier molecular flexibility index (Phi) is 3.75. The van der Waals surface area contributed by atoms with E-state index in [1.165, 1.54) is 18.2 Å². The highest BCUT2D eigenvalue weighted by Gasteiger charge is 2.52. The summed E-state index contributed by atoms with van der Waals surface area (Å²) >= 11 is 0. The van der Waals surface area contributed by atoms with Crippen LogP contribution in [0.1, 0.15) is 23.2 Å². The fraction of sp³-hybridized carbons (Fsp3) is 0.316. The second-order valence-corrected chi connectivity index (χ2v) is 6.69. The number of carbonyl (C=O) groups excluding carboxylic acids is 2. The summed E-state index contributed by atoms with van der Waals surface area (Å²) in [6.45, 7) is 1.53. The number of aromatic nitrogens is 1. The molecule has 0 saturated carbocycles. The Morgan fingerprint density at radius 1 is 1.16 bits per heavy atom. The van der Waals surface area contributed by atoms with Crippen LogP contribution in [0.3, 0.4) is 0 Å². The van der Waals surface area contributed by atoms with Crippen molar-refractivity contribution >= 4 is 17.5 Å². The van der Waals surface area contributed by atoms with Gasteiger partial charge in [-0.15, -0.1) is 0 Å². The summed E-state index contributed by atoms with van der Waals surface area (Å²) in [5.41, 5.74) is 0.588. The number of halogens is 1. The largest absolute Gasteiger partial charge is 0.338 e. The molecule has 2 amide bonds. The quantitative estimate of drug-likeness (QED) is 0.845. The van der Waals surface area contributed by atoms with Gasteiger partial charge in [-0.2, -0.15) is 0 Å². The topological polar surface area (TPSA) is 53.5 Å². The van der Waals surface area contributed by atoms with E-state index in [0.29, 0.717) is 38.0 Å². The number of anilines is 1. The van der Waals surface area contributed by atoms with Gasteiger partial charge in [-0.3, -0.25) is 14.6 Å². The van der Waals surface area contributed by atoms with Gasteiger partial charge in [-0.25, -0.2) is 4.39 Å². The van der Waals surface area contributed by atoms with E-state index >= 15 is 0 Å². The lowest BCUT2D eigenvalue weighted by atomic mass is 9.85. The molecule has 1 spiro atoms. The highest BCUT2D eigenvalue weighted by Crippen LogP contribution is 2.42. The van der Waals surface area contributed by atoms with E-state index in [0.717, 1.165) is 5.69 Å². The Hall–Kier alpha value is -2.76. The summed E-state index contributed by atoms with van der Waals surface area (Å²) in [7, 11) is 0. The minimum absolute atomic E-state index is 0.0510. The van der Waals surface area contributed by atoms with Gasteiger partial charge < -0.3 is 9.80 Å². The molecule has 2 aliphatic rings. The molecule has 1 atom stereocenters. The van der Waals surface area contributed by atoms with Crippen LogP contribution in [0, 0.1) is 11.2 Å². The number of likely N-dealkylation sites (tertiary alicyclic amines) is 1. The predicted octanol–water partition coefficient (Wildman–Crippen LogP) is 2.49. The fourth-order valence-electron chi connectivity index (χ4n) is 3.81. The number of benzene rings is 1. The molecule has 4 rings (SSSR count). The summed E-state index contributed by atoms with van der Waals surface area (Å²) in [5, 5.41) is 0. The van der Waals surface area contributed by atoms with Crippen LogP contribution < -0.4 is 4.90 Å². The monoisotopic (exact) mass is 339 g/mol. The van der Waals surface area contributed by atoms with E-state index in [4.69, 9.17) is 0 Å². The SMILES string of the molecule is O=C(c1cccc(F)c1)N1CC[C@]2(CCN(c3cccnc3)C2=O)C1. The zero-order valence-corrected chi connectivity index (χ0v) is 13.7. The van der Waals surface area contributed by atoms with Gasteiger partial charge in [0.1, 0.15) is 5.82 Å². The standard InChI is InChI=1S/C19H18FN3O2/c20-15-4-1-3-14(11-15)17(24)22-9-6-19(13-22)7-10-23(18(19)25)16-5-2-8-21-12-16/h1-5,8,11-12H,6-7,9-10,13H2/t19-/m0/s1. The van der Waals surface area contributed by atoms with Crippen LogP contribution in [-0.4, -0.2) is 41.3 Å². The van der Waals surface area contributed by atoms with E-state index in [-0.39, 0.29) is 11.8 Å². The molecule has 6 heteroatoms. The third kappa shape index (κ3) is 2.67. The fourth-order valence-corrected chi connectivity index (χ4v) is 3.81. The van der Waals surface area contributed by atoms with Crippen molar-refractivity contribution < 1.29 is 14.0 Å². The maximum atomic E-state index is 13.4. The van der Waals surface area contributed by atoms with Gasteiger partial charge in [0.25, 0.3) is 5.91 Å². The number of hydrogen-bond donors (Lipinski definition) is 0. The maximum Gasteiger partial charge on any atom is 0.253 e. The Bertz CT molecular complexity index is 826. The van der Waals surface area contributed by atoms with Gasteiger partial charge in [0, 0.05) is 31.4 Å². The minimum Gasteiger partial charge on any atom is -0.338 e. The Morgan fingerprint density at radius 3 is 2.76 bits per heavy atom. The van der Waals surface area contributed by atoms with Crippen molar-refractivity contribution in [2.75, 3.05) is 24.5 Å². The maximum absolute atomic E-state index is 13.4. The molecule has 0 unspecified atom stereocenters. The van der Waals surface area contributed by atoms with E-state index in [1.54, 1.807) is 28.3 Å². The normalized spacial score (nSPS) is 22.8. The first-order valence-electron chi connectivity index (χ1n) is 8.36. The molecule has 2 aliphatic heterocycles. The van der Waals surface area contributed by atoms with E-state index in [2.05, 4.69) is 4.98 Å². The zero-order valence-electron chi connectivity index (χ0n) is 13.7. The second kappa shape index (κ2) is 5.95. The smallest absolute Gasteiger partial charge is 0.253 e. The van der Waals surface area contributed by atoms with E-state index in [9.17, 15) is 14.0 Å². The van der Waals surface area contributed by atoms with Crippen LogP contribution in [0.5, 0.6) is 0 Å². The van der Waals surface area contributed by atoms with Crippen molar-refractivity contribution in [3.8, 4) is 0 Å². The van der Waals surface area contributed by atoms with Crippen LogP contribution in [0.2, 0.25) is 0 Å². The van der Waals surface area contributed by atoms with Crippen LogP contribution >= 0.6 is 0 Å². The van der Waals surface area contributed by atoms with Crippen molar-refractivity contribution in [1.29, 1.82) is 0 Å². The average molecular weight is 339 g/mol. The van der Waals surface area contributed by atoms with Crippen molar-refractivity contribution in [2.24, 2.45) is 5.41 Å². The third-order valence-corrected chi connectivity index (χ3v) is 5.18. The molecule has 5 nitrogen and oxygen atoms in total. The highest BCUT2D eigenvalue weighted by molar-refractivity contribution is 6.01. The van der Waals surface area contributed by atoms with Gasteiger partial charge >= 0.3 is 0 Å². The number of pyridine rings is 1. The van der Waals surface area contributed by atoms with Crippen LogP contribution in [-0.2, 0) is 4.79 Å². The summed E-state index contributed by atoms with van der Waals surface area (Å²) in [6, 6.07) is 9.37. The second-order valence-electron chi connectivity index (χ2n) is 6.69. The van der Waals surface area contributed by atoms with Crippen molar-refractivity contribution in [3.05, 3.63) is 60.2 Å². The molecule has 0 bridgehead atoms. The molecular weight excluding hydrogens is 321 g/mol. The molecule has 1 aromatic heterocycles. The van der Waals surface area contributed by atoms with Gasteiger partial charge in [-0.05, 0) is 43.2 Å². The zero-order chi connectivity index (χ0) is 17.4. The molecule has 2 saturated heterocycles. The molecule has 0 radical (unpaired) electrons. The summed E-state index contributed by atoms with van der Waals surface area (Å²) in [5.74, 6) is -0.599. The molecule has 1 aromatic carbocycles.